The maximum Gasteiger partial charge on any atom is 0.411 e. The number of hydrogen-bond donors (Lipinski definition) is 2. The molecule has 1 unspecified atom stereocenters. The van der Waals surface area contributed by atoms with Crippen LogP contribution >= 0.6 is 0 Å². The van der Waals surface area contributed by atoms with Crippen molar-refractivity contribution in [3.05, 3.63) is 47.7 Å². The first-order valence-corrected chi connectivity index (χ1v) is 7.75. The highest BCUT2D eigenvalue weighted by molar-refractivity contribution is 5.81. The van der Waals surface area contributed by atoms with E-state index < -0.39 is 29.1 Å². The van der Waals surface area contributed by atoms with Gasteiger partial charge in [0.15, 0.2) is 0 Å². The first kappa shape index (κ1) is 17.8. The molecule has 130 valence electrons. The molecular weight excluding hydrogens is 310 g/mol. The Morgan fingerprint density at radius 1 is 1.25 bits per heavy atom. The maximum atomic E-state index is 12.6. The largest absolute Gasteiger partial charge is 0.511 e. The molecule has 2 N–H and O–H groups in total. The van der Waals surface area contributed by atoms with E-state index in [9.17, 15) is 19.8 Å². The van der Waals surface area contributed by atoms with Crippen LogP contribution in [-0.2, 0) is 9.53 Å². The summed E-state index contributed by atoms with van der Waals surface area (Å²) in [5.74, 6) is -1.47. The zero-order chi connectivity index (χ0) is 18.1. The number of ether oxygens (including phenoxy) is 1. The van der Waals surface area contributed by atoms with E-state index in [0.717, 1.165) is 0 Å². The molecule has 0 radical (unpaired) electrons. The van der Waals surface area contributed by atoms with Gasteiger partial charge in [0.25, 0.3) is 0 Å². The number of aliphatic hydroxyl groups is 1. The number of aliphatic carboxylic acids is 1. The molecule has 0 saturated carbocycles. The number of nitrogens with zero attached hydrogens (tertiary/aromatic N) is 1. The number of amides is 1. The Balaban J connectivity index is 2.54. The van der Waals surface area contributed by atoms with Gasteiger partial charge >= 0.3 is 12.1 Å². The van der Waals surface area contributed by atoms with Gasteiger partial charge in [-0.3, -0.25) is 9.69 Å². The fourth-order valence-corrected chi connectivity index (χ4v) is 2.83. The van der Waals surface area contributed by atoms with E-state index in [1.54, 1.807) is 51.1 Å². The second-order valence-corrected chi connectivity index (χ2v) is 7.04. The number of carbonyl (C=O) groups is 2. The molecule has 0 spiro atoms. The van der Waals surface area contributed by atoms with Crippen molar-refractivity contribution in [1.82, 2.24) is 4.90 Å². The minimum atomic E-state index is -1.66. The Hall–Kier alpha value is -2.50. The van der Waals surface area contributed by atoms with Crippen LogP contribution in [0, 0.1) is 5.41 Å². The van der Waals surface area contributed by atoms with Crippen LogP contribution in [0.25, 0.3) is 0 Å². The Labute approximate surface area is 141 Å². The van der Waals surface area contributed by atoms with Crippen LogP contribution in [0.3, 0.4) is 0 Å². The third-order valence-electron chi connectivity index (χ3n) is 4.06. The number of carboxylic acid groups (broad SMARTS) is 1. The number of carboxylic acids is 1. The first-order valence-electron chi connectivity index (χ1n) is 7.75. The zero-order valence-corrected chi connectivity index (χ0v) is 14.3. The molecule has 24 heavy (non-hydrogen) atoms. The molecule has 1 amide bonds. The Bertz CT molecular complexity index is 662. The average Bonchev–Trinajstić information content (AvgIpc) is 2.48. The van der Waals surface area contributed by atoms with E-state index in [4.69, 9.17) is 4.74 Å². The van der Waals surface area contributed by atoms with E-state index in [1.807, 2.05) is 0 Å². The van der Waals surface area contributed by atoms with Gasteiger partial charge in [0.1, 0.15) is 16.8 Å². The summed E-state index contributed by atoms with van der Waals surface area (Å²) in [6, 6.07) is 7.93. The molecule has 2 atom stereocenters. The predicted octanol–water partition coefficient (Wildman–Crippen LogP) is 3.51. The van der Waals surface area contributed by atoms with Crippen molar-refractivity contribution in [2.75, 3.05) is 6.54 Å². The molecule has 1 aromatic carbocycles. The topological polar surface area (TPSA) is 87.1 Å². The molecule has 0 bridgehead atoms. The van der Waals surface area contributed by atoms with Crippen LogP contribution in [0.2, 0.25) is 0 Å². The Morgan fingerprint density at radius 3 is 2.33 bits per heavy atom. The fraction of sp³-hybridized carbons (Fsp3) is 0.444. The van der Waals surface area contributed by atoms with Gasteiger partial charge in [0.2, 0.25) is 0 Å². The van der Waals surface area contributed by atoms with E-state index in [-0.39, 0.29) is 12.3 Å². The molecule has 1 aromatic rings. The van der Waals surface area contributed by atoms with Gasteiger partial charge in [-0.25, -0.2) is 4.79 Å². The smallest absolute Gasteiger partial charge is 0.411 e. The van der Waals surface area contributed by atoms with Crippen molar-refractivity contribution >= 4 is 12.1 Å². The lowest BCUT2D eigenvalue weighted by atomic mass is 9.74. The molecule has 1 aliphatic heterocycles. The van der Waals surface area contributed by atoms with Gasteiger partial charge in [-0.05, 0) is 39.3 Å². The number of aliphatic hydroxyl groups excluding tert-OH is 1. The summed E-state index contributed by atoms with van der Waals surface area (Å²) < 4.78 is 5.42. The van der Waals surface area contributed by atoms with Crippen molar-refractivity contribution in [2.45, 2.75) is 39.3 Å². The van der Waals surface area contributed by atoms with Crippen LogP contribution in [0.5, 0.6) is 0 Å². The highest BCUT2D eigenvalue weighted by atomic mass is 16.6. The van der Waals surface area contributed by atoms with Crippen LogP contribution in [0.15, 0.2) is 42.2 Å². The summed E-state index contributed by atoms with van der Waals surface area (Å²) in [6.07, 6.45) is 0.727. The van der Waals surface area contributed by atoms with Crippen molar-refractivity contribution in [1.29, 1.82) is 0 Å². The molecule has 0 fully saturated rings. The first-order chi connectivity index (χ1) is 11.1. The normalized spacial score (nSPS) is 24.2. The lowest BCUT2D eigenvalue weighted by molar-refractivity contribution is -0.152. The van der Waals surface area contributed by atoms with Crippen LogP contribution in [0.4, 0.5) is 4.79 Å². The van der Waals surface area contributed by atoms with E-state index in [2.05, 4.69) is 0 Å². The van der Waals surface area contributed by atoms with Gasteiger partial charge in [0.05, 0.1) is 6.04 Å². The highest BCUT2D eigenvalue weighted by Gasteiger charge is 2.53. The van der Waals surface area contributed by atoms with E-state index >= 15 is 0 Å². The van der Waals surface area contributed by atoms with Gasteiger partial charge in [0, 0.05) is 6.54 Å². The molecule has 1 aliphatic rings. The van der Waals surface area contributed by atoms with E-state index in [0.29, 0.717) is 5.56 Å². The third kappa shape index (κ3) is 3.22. The minimum Gasteiger partial charge on any atom is -0.511 e. The van der Waals surface area contributed by atoms with Gasteiger partial charge in [-0.15, -0.1) is 0 Å². The molecule has 6 nitrogen and oxygen atoms in total. The third-order valence-corrected chi connectivity index (χ3v) is 4.06. The molecule has 0 saturated heterocycles. The lowest BCUT2D eigenvalue weighted by Gasteiger charge is -2.44. The van der Waals surface area contributed by atoms with Crippen molar-refractivity contribution in [3.8, 4) is 0 Å². The fourth-order valence-electron chi connectivity index (χ4n) is 2.83. The second kappa shape index (κ2) is 6.19. The monoisotopic (exact) mass is 333 g/mol. The quantitative estimate of drug-likeness (QED) is 0.865. The standard InChI is InChI=1S/C18H23NO5/c1-17(2,3)24-16(23)19-11-10-13(20)18(4,15(21)22)14(19)12-8-6-5-7-9-12/h5-10,14,20H,11H2,1-4H3,(H,21,22)/t14-,18?/m0/s1. The van der Waals surface area contributed by atoms with Crippen LogP contribution in [-0.4, -0.2) is 39.3 Å². The number of benzene rings is 1. The summed E-state index contributed by atoms with van der Waals surface area (Å²) >= 11 is 0. The number of carbonyl (C=O) groups excluding carboxylic acids is 1. The summed E-state index contributed by atoms with van der Waals surface area (Å²) in [6.45, 7) is 6.72. The number of rotatable bonds is 2. The summed E-state index contributed by atoms with van der Waals surface area (Å²) in [5, 5.41) is 20.0. The highest BCUT2D eigenvalue weighted by Crippen LogP contribution is 2.46. The molecule has 2 rings (SSSR count). The average molecular weight is 333 g/mol. The lowest BCUT2D eigenvalue weighted by Crippen LogP contribution is -2.52. The van der Waals surface area contributed by atoms with Crippen LogP contribution in [0.1, 0.15) is 39.3 Å². The van der Waals surface area contributed by atoms with Crippen molar-refractivity contribution < 1.29 is 24.5 Å². The minimum absolute atomic E-state index is 0.0726. The molecule has 0 aromatic heterocycles. The predicted molar refractivity (Wildman–Crippen MR) is 88.6 cm³/mol. The summed E-state index contributed by atoms with van der Waals surface area (Å²) in [4.78, 5) is 25.9. The second-order valence-electron chi connectivity index (χ2n) is 7.04. The van der Waals surface area contributed by atoms with Crippen molar-refractivity contribution in [3.63, 3.8) is 0 Å². The molecular formula is C18H23NO5. The van der Waals surface area contributed by atoms with E-state index in [1.165, 1.54) is 17.9 Å². The molecule has 6 heteroatoms. The van der Waals surface area contributed by atoms with Gasteiger partial charge in [-0.1, -0.05) is 30.3 Å². The number of hydrogen-bond acceptors (Lipinski definition) is 4. The Morgan fingerprint density at radius 2 is 1.83 bits per heavy atom. The maximum absolute atomic E-state index is 12.6. The van der Waals surface area contributed by atoms with Gasteiger partial charge < -0.3 is 14.9 Å². The zero-order valence-electron chi connectivity index (χ0n) is 14.3. The summed E-state index contributed by atoms with van der Waals surface area (Å²) in [7, 11) is 0. The summed E-state index contributed by atoms with van der Waals surface area (Å²) in [5.41, 5.74) is -1.74. The van der Waals surface area contributed by atoms with Crippen molar-refractivity contribution in [2.24, 2.45) is 5.41 Å². The van der Waals surface area contributed by atoms with Gasteiger partial charge in [-0.2, -0.15) is 0 Å². The van der Waals surface area contributed by atoms with Crippen LogP contribution < -0.4 is 0 Å². The molecule has 1 heterocycles. The Kier molecular flexibility index (Phi) is 4.60. The SMILES string of the molecule is CC(C)(C)OC(=O)N1CC=C(O)C(C)(C(=O)O)[C@@H]1c1ccccc1. The molecule has 0 aliphatic carbocycles.